The van der Waals surface area contributed by atoms with Crippen LogP contribution in [0, 0.1) is 6.92 Å². The van der Waals surface area contributed by atoms with Crippen LogP contribution < -0.4 is 24.8 Å². The van der Waals surface area contributed by atoms with Gasteiger partial charge in [-0.25, -0.2) is 4.98 Å². The normalized spacial score (nSPS) is 10.3. The van der Waals surface area contributed by atoms with E-state index >= 15 is 0 Å². The number of aromatic nitrogens is 2. The molecule has 0 saturated carbocycles. The molecular weight excluding hydrogens is 356 g/mol. The number of ether oxygens (including phenoxy) is 3. The van der Waals surface area contributed by atoms with Gasteiger partial charge in [-0.2, -0.15) is 4.98 Å². The van der Waals surface area contributed by atoms with Crippen molar-refractivity contribution in [2.75, 3.05) is 32.0 Å². The molecule has 1 heterocycles. The second-order valence-corrected chi connectivity index (χ2v) is 6.14. The molecule has 7 nitrogen and oxygen atoms in total. The van der Waals surface area contributed by atoms with Gasteiger partial charge in [-0.1, -0.05) is 29.8 Å². The Labute approximate surface area is 164 Å². The Morgan fingerprint density at radius 2 is 1.57 bits per heavy atom. The van der Waals surface area contributed by atoms with Crippen LogP contribution in [0.1, 0.15) is 11.1 Å². The van der Waals surface area contributed by atoms with Crippen LogP contribution in [0.4, 0.5) is 17.5 Å². The zero-order valence-electron chi connectivity index (χ0n) is 16.4. The highest BCUT2D eigenvalue weighted by Crippen LogP contribution is 2.40. The van der Waals surface area contributed by atoms with E-state index in [1.165, 1.54) is 11.1 Å². The third-order valence-corrected chi connectivity index (χ3v) is 4.17. The van der Waals surface area contributed by atoms with E-state index in [-0.39, 0.29) is 0 Å². The maximum Gasteiger partial charge on any atom is 0.229 e. The first-order valence-electron chi connectivity index (χ1n) is 8.82. The van der Waals surface area contributed by atoms with Gasteiger partial charge in [0.25, 0.3) is 0 Å². The maximum atomic E-state index is 5.38. The minimum Gasteiger partial charge on any atom is -0.493 e. The summed E-state index contributed by atoms with van der Waals surface area (Å²) in [6, 6.07) is 13.8. The van der Waals surface area contributed by atoms with Crippen molar-refractivity contribution < 1.29 is 14.2 Å². The summed E-state index contributed by atoms with van der Waals surface area (Å²) in [4.78, 5) is 8.79. The van der Waals surface area contributed by atoms with Crippen LogP contribution in [0.15, 0.2) is 48.7 Å². The van der Waals surface area contributed by atoms with Crippen molar-refractivity contribution in [2.24, 2.45) is 0 Å². The molecule has 0 atom stereocenters. The van der Waals surface area contributed by atoms with Gasteiger partial charge < -0.3 is 24.8 Å². The molecule has 0 radical (unpaired) electrons. The highest BCUT2D eigenvalue weighted by atomic mass is 16.5. The van der Waals surface area contributed by atoms with Gasteiger partial charge in [-0.05, 0) is 18.6 Å². The summed E-state index contributed by atoms with van der Waals surface area (Å²) >= 11 is 0. The first-order valence-corrected chi connectivity index (χ1v) is 8.82. The van der Waals surface area contributed by atoms with E-state index in [0.717, 1.165) is 11.5 Å². The molecule has 7 heteroatoms. The average Bonchev–Trinajstić information content (AvgIpc) is 2.73. The van der Waals surface area contributed by atoms with Crippen molar-refractivity contribution in [3.8, 4) is 17.2 Å². The average molecular weight is 380 g/mol. The van der Waals surface area contributed by atoms with Gasteiger partial charge in [0.1, 0.15) is 5.82 Å². The van der Waals surface area contributed by atoms with Crippen molar-refractivity contribution in [3.05, 3.63) is 59.8 Å². The Morgan fingerprint density at radius 3 is 2.18 bits per heavy atom. The van der Waals surface area contributed by atoms with E-state index in [2.05, 4.69) is 51.8 Å². The van der Waals surface area contributed by atoms with Crippen molar-refractivity contribution >= 4 is 17.5 Å². The molecule has 0 fully saturated rings. The molecule has 3 rings (SSSR count). The molecule has 0 amide bonds. The number of methoxy groups -OCH3 is 3. The summed E-state index contributed by atoms with van der Waals surface area (Å²) < 4.78 is 16.1. The number of nitrogens with zero attached hydrogens (tertiary/aromatic N) is 2. The van der Waals surface area contributed by atoms with Gasteiger partial charge in [0.2, 0.25) is 11.7 Å². The fourth-order valence-corrected chi connectivity index (χ4v) is 2.70. The summed E-state index contributed by atoms with van der Waals surface area (Å²) in [6.07, 6.45) is 1.70. The first kappa shape index (κ1) is 19.3. The van der Waals surface area contributed by atoms with E-state index in [1.54, 1.807) is 39.7 Å². The summed E-state index contributed by atoms with van der Waals surface area (Å²) in [7, 11) is 4.72. The lowest BCUT2D eigenvalue weighted by Crippen LogP contribution is -2.04. The summed E-state index contributed by atoms with van der Waals surface area (Å²) in [5.74, 6) is 2.83. The van der Waals surface area contributed by atoms with E-state index in [0.29, 0.717) is 29.7 Å². The summed E-state index contributed by atoms with van der Waals surface area (Å²) in [5, 5.41) is 6.48. The molecule has 0 aliphatic heterocycles. The quantitative estimate of drug-likeness (QED) is 0.607. The Balaban J connectivity index is 1.74. The van der Waals surface area contributed by atoms with E-state index in [1.807, 2.05) is 6.07 Å². The van der Waals surface area contributed by atoms with Crippen molar-refractivity contribution in [3.63, 3.8) is 0 Å². The molecule has 2 N–H and O–H groups in total. The topological polar surface area (TPSA) is 77.5 Å². The number of benzene rings is 2. The highest BCUT2D eigenvalue weighted by Gasteiger charge is 2.13. The molecule has 0 spiro atoms. The van der Waals surface area contributed by atoms with Gasteiger partial charge in [-0.3, -0.25) is 0 Å². The van der Waals surface area contributed by atoms with E-state index < -0.39 is 0 Å². The smallest absolute Gasteiger partial charge is 0.229 e. The molecule has 0 bridgehead atoms. The maximum absolute atomic E-state index is 5.38. The lowest BCUT2D eigenvalue weighted by Gasteiger charge is -2.15. The van der Waals surface area contributed by atoms with E-state index in [9.17, 15) is 0 Å². The molecule has 0 unspecified atom stereocenters. The lowest BCUT2D eigenvalue weighted by molar-refractivity contribution is 0.324. The zero-order valence-corrected chi connectivity index (χ0v) is 16.4. The van der Waals surface area contributed by atoms with Crippen molar-refractivity contribution in [1.82, 2.24) is 9.97 Å². The fraction of sp³-hybridized carbons (Fsp3) is 0.238. The highest BCUT2D eigenvalue weighted by molar-refractivity contribution is 5.66. The van der Waals surface area contributed by atoms with Gasteiger partial charge >= 0.3 is 0 Å². The standard InChI is InChI=1S/C21H24N4O3/c1-14-5-7-15(8-6-14)13-23-19-9-10-22-21(25-19)24-16-11-17(26-2)20(28-4)18(12-16)27-3/h5-12H,13H2,1-4H3,(H2,22,23,24,25). The van der Waals surface area contributed by atoms with Crippen LogP contribution in [0.3, 0.4) is 0 Å². The van der Waals surface area contributed by atoms with Gasteiger partial charge in [0.15, 0.2) is 11.5 Å². The lowest BCUT2D eigenvalue weighted by atomic mass is 10.1. The van der Waals surface area contributed by atoms with Gasteiger partial charge in [-0.15, -0.1) is 0 Å². The molecule has 146 valence electrons. The number of hydrogen-bond donors (Lipinski definition) is 2. The minimum atomic E-state index is 0.461. The summed E-state index contributed by atoms with van der Waals surface area (Å²) in [6.45, 7) is 2.75. The largest absolute Gasteiger partial charge is 0.493 e. The predicted molar refractivity (Wildman–Crippen MR) is 110 cm³/mol. The number of aryl methyl sites for hydroxylation is 1. The van der Waals surface area contributed by atoms with E-state index in [4.69, 9.17) is 14.2 Å². The SMILES string of the molecule is COc1cc(Nc2nccc(NCc3ccc(C)cc3)n2)cc(OC)c1OC. The van der Waals surface area contributed by atoms with Gasteiger partial charge in [0.05, 0.1) is 21.3 Å². The minimum absolute atomic E-state index is 0.461. The Morgan fingerprint density at radius 1 is 0.893 bits per heavy atom. The summed E-state index contributed by atoms with van der Waals surface area (Å²) in [5.41, 5.74) is 3.15. The Kier molecular flexibility index (Phi) is 6.16. The monoisotopic (exact) mass is 380 g/mol. The molecule has 0 aliphatic rings. The second-order valence-electron chi connectivity index (χ2n) is 6.14. The van der Waals surface area contributed by atoms with Crippen LogP contribution in [-0.2, 0) is 6.54 Å². The van der Waals surface area contributed by atoms with Crippen LogP contribution >= 0.6 is 0 Å². The zero-order chi connectivity index (χ0) is 19.9. The number of hydrogen-bond acceptors (Lipinski definition) is 7. The third-order valence-electron chi connectivity index (χ3n) is 4.17. The van der Waals surface area contributed by atoms with Crippen LogP contribution in [0.25, 0.3) is 0 Å². The number of anilines is 3. The van der Waals surface area contributed by atoms with Crippen LogP contribution in [-0.4, -0.2) is 31.3 Å². The molecule has 0 aliphatic carbocycles. The third kappa shape index (κ3) is 4.62. The van der Waals surface area contributed by atoms with Crippen LogP contribution in [0.2, 0.25) is 0 Å². The van der Waals surface area contributed by atoms with Gasteiger partial charge in [0, 0.05) is 30.6 Å². The number of nitrogens with one attached hydrogen (secondary N) is 2. The Hall–Kier alpha value is -3.48. The van der Waals surface area contributed by atoms with Crippen LogP contribution in [0.5, 0.6) is 17.2 Å². The molecule has 2 aromatic carbocycles. The Bertz CT molecular complexity index is 904. The van der Waals surface area contributed by atoms with Crippen molar-refractivity contribution in [1.29, 1.82) is 0 Å². The second kappa shape index (κ2) is 8.94. The molecule has 3 aromatic rings. The fourth-order valence-electron chi connectivity index (χ4n) is 2.70. The molecular formula is C21H24N4O3. The van der Waals surface area contributed by atoms with Crippen molar-refractivity contribution in [2.45, 2.75) is 13.5 Å². The predicted octanol–water partition coefficient (Wildman–Crippen LogP) is 4.17. The first-order chi connectivity index (χ1) is 13.6. The molecule has 1 aromatic heterocycles. The molecule has 28 heavy (non-hydrogen) atoms. The number of rotatable bonds is 8. The molecule has 0 saturated heterocycles.